The molecule has 0 unspecified atom stereocenters. The van der Waals surface area contributed by atoms with Gasteiger partial charge in [-0.3, -0.25) is 0 Å². The molecule has 2 N–H and O–H groups in total. The molecule has 3 aromatic rings. The Bertz CT molecular complexity index is 1120. The van der Waals surface area contributed by atoms with E-state index in [0.29, 0.717) is 42.0 Å². The summed E-state index contributed by atoms with van der Waals surface area (Å²) in [6.45, 7) is 5.26. The van der Waals surface area contributed by atoms with Crippen LogP contribution in [0, 0.1) is 23.7 Å². The summed E-state index contributed by atoms with van der Waals surface area (Å²) in [7, 11) is 0. The first-order chi connectivity index (χ1) is 15.0. The molecule has 4 rings (SSSR count). The van der Waals surface area contributed by atoms with Crippen LogP contribution in [0.15, 0.2) is 48.5 Å². The molecule has 158 valence electrons. The fraction of sp³-hybridized carbons (Fsp3) is 0.320. The molecule has 1 heterocycles. The molecule has 1 aliphatic carbocycles. The van der Waals surface area contributed by atoms with Gasteiger partial charge in [0, 0.05) is 11.0 Å². The van der Waals surface area contributed by atoms with Crippen molar-refractivity contribution in [3.63, 3.8) is 0 Å². The summed E-state index contributed by atoms with van der Waals surface area (Å²) in [5.41, 5.74) is 9.47. The summed E-state index contributed by atoms with van der Waals surface area (Å²) in [4.78, 5) is 8.78. The van der Waals surface area contributed by atoms with E-state index in [2.05, 4.69) is 35.1 Å². The van der Waals surface area contributed by atoms with Gasteiger partial charge in [-0.05, 0) is 62.1 Å². The van der Waals surface area contributed by atoms with Crippen molar-refractivity contribution in [3.05, 3.63) is 65.5 Å². The summed E-state index contributed by atoms with van der Waals surface area (Å²) < 4.78 is 12.0. The first-order valence-corrected chi connectivity index (χ1v) is 10.5. The van der Waals surface area contributed by atoms with Gasteiger partial charge in [0.15, 0.2) is 0 Å². The fourth-order valence-corrected chi connectivity index (χ4v) is 3.29. The van der Waals surface area contributed by atoms with Gasteiger partial charge in [-0.2, -0.15) is 15.2 Å². The van der Waals surface area contributed by atoms with Gasteiger partial charge < -0.3 is 15.2 Å². The SMILES string of the molecule is Cc1nc(OCC2(C)CC2)cc(Oc2cc(C#N)ccc2-c2ccc(CCN)cc2)n1. The van der Waals surface area contributed by atoms with E-state index < -0.39 is 0 Å². The van der Waals surface area contributed by atoms with E-state index >= 15 is 0 Å². The standard InChI is InChI=1S/C25H26N4O2/c1-17-28-23(30-16-25(2)10-11-25)14-24(29-17)31-22-13-19(15-27)5-8-21(22)20-6-3-18(4-7-20)9-12-26/h3-8,13-14H,9-12,16,26H2,1-2H3. The van der Waals surface area contributed by atoms with E-state index in [4.69, 9.17) is 15.2 Å². The number of rotatable bonds is 8. The third-order valence-electron chi connectivity index (χ3n) is 5.49. The molecule has 1 aliphatic rings. The molecule has 0 atom stereocenters. The summed E-state index contributed by atoms with van der Waals surface area (Å²) in [6.07, 6.45) is 3.18. The molecule has 0 radical (unpaired) electrons. The van der Waals surface area contributed by atoms with Gasteiger partial charge in [0.2, 0.25) is 11.8 Å². The quantitative estimate of drug-likeness (QED) is 0.569. The maximum atomic E-state index is 9.36. The Morgan fingerprint density at radius 2 is 1.81 bits per heavy atom. The highest BCUT2D eigenvalue weighted by molar-refractivity contribution is 5.72. The summed E-state index contributed by atoms with van der Waals surface area (Å²) >= 11 is 0. The molecule has 1 saturated carbocycles. The molecule has 2 aromatic carbocycles. The monoisotopic (exact) mass is 414 g/mol. The van der Waals surface area contributed by atoms with Crippen molar-refractivity contribution < 1.29 is 9.47 Å². The van der Waals surface area contributed by atoms with Gasteiger partial charge >= 0.3 is 0 Å². The highest BCUT2D eigenvalue weighted by Gasteiger charge is 2.38. The zero-order valence-electron chi connectivity index (χ0n) is 17.9. The molecular weight excluding hydrogens is 388 g/mol. The van der Waals surface area contributed by atoms with Crippen molar-refractivity contribution >= 4 is 0 Å². The largest absolute Gasteiger partial charge is 0.477 e. The Labute approximate surface area is 182 Å². The van der Waals surface area contributed by atoms with Gasteiger partial charge in [-0.15, -0.1) is 0 Å². The highest BCUT2D eigenvalue weighted by atomic mass is 16.5. The van der Waals surface area contributed by atoms with E-state index in [1.807, 2.05) is 18.2 Å². The van der Waals surface area contributed by atoms with E-state index in [1.165, 1.54) is 18.4 Å². The van der Waals surface area contributed by atoms with Crippen molar-refractivity contribution in [2.75, 3.05) is 13.2 Å². The average molecular weight is 415 g/mol. The predicted octanol–water partition coefficient (Wildman–Crippen LogP) is 4.80. The number of nitrogens with two attached hydrogens (primary N) is 1. The molecule has 6 heteroatoms. The van der Waals surface area contributed by atoms with Crippen LogP contribution in [0.5, 0.6) is 17.5 Å². The van der Waals surface area contributed by atoms with Crippen LogP contribution in [-0.4, -0.2) is 23.1 Å². The minimum atomic E-state index is 0.254. The Morgan fingerprint density at radius 3 is 2.48 bits per heavy atom. The first-order valence-electron chi connectivity index (χ1n) is 10.5. The number of ether oxygens (including phenoxy) is 2. The molecule has 0 aliphatic heterocycles. The lowest BCUT2D eigenvalue weighted by Gasteiger charge is -2.14. The van der Waals surface area contributed by atoms with E-state index in [1.54, 1.807) is 25.1 Å². The topological polar surface area (TPSA) is 94.0 Å². The molecule has 0 bridgehead atoms. The lowest BCUT2D eigenvalue weighted by atomic mass is 10.0. The van der Waals surface area contributed by atoms with E-state index in [-0.39, 0.29) is 5.41 Å². The maximum absolute atomic E-state index is 9.36. The smallest absolute Gasteiger partial charge is 0.226 e. The lowest BCUT2D eigenvalue weighted by molar-refractivity contribution is 0.236. The third-order valence-corrected chi connectivity index (χ3v) is 5.49. The number of hydrogen-bond donors (Lipinski definition) is 1. The lowest BCUT2D eigenvalue weighted by Crippen LogP contribution is -2.10. The minimum absolute atomic E-state index is 0.254. The van der Waals surface area contributed by atoms with Crippen LogP contribution >= 0.6 is 0 Å². The zero-order chi connectivity index (χ0) is 21.8. The predicted molar refractivity (Wildman–Crippen MR) is 119 cm³/mol. The number of benzene rings is 2. The molecule has 1 aromatic heterocycles. The van der Waals surface area contributed by atoms with Crippen LogP contribution < -0.4 is 15.2 Å². The molecule has 0 saturated heterocycles. The van der Waals surface area contributed by atoms with Gasteiger partial charge in [0.05, 0.1) is 24.3 Å². The molecule has 31 heavy (non-hydrogen) atoms. The molecular formula is C25H26N4O2. The van der Waals surface area contributed by atoms with Crippen molar-refractivity contribution in [2.45, 2.75) is 33.1 Å². The highest BCUT2D eigenvalue weighted by Crippen LogP contribution is 2.45. The van der Waals surface area contributed by atoms with Crippen LogP contribution in [0.3, 0.4) is 0 Å². The van der Waals surface area contributed by atoms with Gasteiger partial charge in [0.25, 0.3) is 0 Å². The molecule has 6 nitrogen and oxygen atoms in total. The van der Waals surface area contributed by atoms with Crippen molar-refractivity contribution in [2.24, 2.45) is 11.1 Å². The number of aryl methyl sites for hydroxylation is 1. The summed E-state index contributed by atoms with van der Waals surface area (Å²) in [6, 6.07) is 17.5. The second-order valence-electron chi connectivity index (χ2n) is 8.35. The van der Waals surface area contributed by atoms with Crippen molar-refractivity contribution in [1.82, 2.24) is 9.97 Å². The van der Waals surface area contributed by atoms with Gasteiger partial charge in [0.1, 0.15) is 11.6 Å². The summed E-state index contributed by atoms with van der Waals surface area (Å²) in [5.74, 6) is 2.01. The number of aromatic nitrogens is 2. The maximum Gasteiger partial charge on any atom is 0.226 e. The second-order valence-corrected chi connectivity index (χ2v) is 8.35. The number of hydrogen-bond acceptors (Lipinski definition) is 6. The molecule has 1 fully saturated rings. The Morgan fingerprint density at radius 1 is 1.06 bits per heavy atom. The minimum Gasteiger partial charge on any atom is -0.477 e. The summed E-state index contributed by atoms with van der Waals surface area (Å²) in [5, 5.41) is 9.36. The van der Waals surface area contributed by atoms with Crippen LogP contribution in [0.4, 0.5) is 0 Å². The van der Waals surface area contributed by atoms with Crippen LogP contribution in [-0.2, 0) is 6.42 Å². The second kappa shape index (κ2) is 8.75. The Balaban J connectivity index is 1.62. The first kappa shape index (κ1) is 20.8. The van der Waals surface area contributed by atoms with Crippen molar-refractivity contribution in [3.8, 4) is 34.7 Å². The van der Waals surface area contributed by atoms with Crippen LogP contribution in [0.2, 0.25) is 0 Å². The average Bonchev–Trinajstić information content (AvgIpc) is 3.50. The van der Waals surface area contributed by atoms with Crippen LogP contribution in [0.1, 0.15) is 36.7 Å². The number of nitriles is 1. The fourth-order valence-electron chi connectivity index (χ4n) is 3.29. The zero-order valence-corrected chi connectivity index (χ0v) is 17.9. The molecule has 0 amide bonds. The van der Waals surface area contributed by atoms with Gasteiger partial charge in [-0.1, -0.05) is 31.2 Å². The number of nitrogens with zero attached hydrogens (tertiary/aromatic N) is 3. The van der Waals surface area contributed by atoms with Crippen LogP contribution in [0.25, 0.3) is 11.1 Å². The van der Waals surface area contributed by atoms with Gasteiger partial charge in [-0.25, -0.2) is 0 Å². The normalized spacial score (nSPS) is 14.0. The Hall–Kier alpha value is -3.43. The van der Waals surface area contributed by atoms with E-state index in [0.717, 1.165) is 17.5 Å². The third kappa shape index (κ3) is 5.19. The van der Waals surface area contributed by atoms with Crippen molar-refractivity contribution in [1.29, 1.82) is 5.26 Å². The van der Waals surface area contributed by atoms with E-state index in [9.17, 15) is 5.26 Å². The Kier molecular flexibility index (Phi) is 5.88. The molecule has 0 spiro atoms.